The molecule has 0 radical (unpaired) electrons. The third kappa shape index (κ3) is 4.19. The van der Waals surface area contributed by atoms with Crippen molar-refractivity contribution in [2.75, 3.05) is 5.32 Å². The first-order valence-electron chi connectivity index (χ1n) is 7.51. The topological polar surface area (TPSA) is 42.2 Å². The van der Waals surface area contributed by atoms with E-state index in [1.54, 1.807) is 12.1 Å². The Kier molecular flexibility index (Phi) is 5.24. The Hall–Kier alpha value is -2.23. The highest BCUT2D eigenvalue weighted by Crippen LogP contribution is 2.25. The van der Waals surface area contributed by atoms with Gasteiger partial charge in [0, 0.05) is 23.4 Å². The zero-order valence-electron chi connectivity index (χ0n) is 12.8. The van der Waals surface area contributed by atoms with E-state index in [9.17, 15) is 4.79 Å². The molecule has 1 N–H and O–H groups in total. The third-order valence-electron chi connectivity index (χ3n) is 3.54. The second-order valence-electron chi connectivity index (χ2n) is 5.30. The summed E-state index contributed by atoms with van der Waals surface area (Å²) in [6.07, 6.45) is 0.836. The molecule has 3 nitrogen and oxygen atoms in total. The zero-order chi connectivity index (χ0) is 16.9. The van der Waals surface area contributed by atoms with Crippen molar-refractivity contribution in [1.29, 1.82) is 0 Å². The summed E-state index contributed by atoms with van der Waals surface area (Å²) < 4.78 is 5.78. The number of rotatable bonds is 5. The van der Waals surface area contributed by atoms with Gasteiger partial charge in [-0.3, -0.25) is 4.79 Å². The van der Waals surface area contributed by atoms with Crippen molar-refractivity contribution >= 4 is 34.8 Å². The van der Waals surface area contributed by atoms with Gasteiger partial charge >= 0.3 is 0 Å². The third-order valence-corrected chi connectivity index (χ3v) is 4.12. The number of carbonyl (C=O) groups is 1. The van der Waals surface area contributed by atoms with Crippen molar-refractivity contribution in [2.24, 2.45) is 0 Å². The lowest BCUT2D eigenvalue weighted by molar-refractivity contribution is -0.116. The molecule has 3 aromatic rings. The largest absolute Gasteiger partial charge is 0.461 e. The number of benzene rings is 2. The summed E-state index contributed by atoms with van der Waals surface area (Å²) in [7, 11) is 0. The molecule has 0 aliphatic heterocycles. The minimum Gasteiger partial charge on any atom is -0.461 e. The highest BCUT2D eigenvalue weighted by Gasteiger charge is 2.09. The molecule has 3 rings (SSSR count). The molecule has 0 unspecified atom stereocenters. The van der Waals surface area contributed by atoms with Gasteiger partial charge in [0.25, 0.3) is 0 Å². The summed E-state index contributed by atoms with van der Waals surface area (Å²) >= 11 is 11.9. The monoisotopic (exact) mass is 359 g/mol. The van der Waals surface area contributed by atoms with E-state index in [1.165, 1.54) is 0 Å². The number of aryl methyl sites for hydroxylation is 1. The molecule has 1 amide bonds. The van der Waals surface area contributed by atoms with Gasteiger partial charge in [-0.25, -0.2) is 0 Å². The van der Waals surface area contributed by atoms with Crippen LogP contribution in [0.15, 0.2) is 65.1 Å². The van der Waals surface area contributed by atoms with Crippen molar-refractivity contribution in [3.63, 3.8) is 0 Å². The van der Waals surface area contributed by atoms with Crippen LogP contribution in [0.25, 0.3) is 11.3 Å². The van der Waals surface area contributed by atoms with E-state index in [-0.39, 0.29) is 5.91 Å². The standard InChI is InChI=1S/C19H15Cl2NO2/c20-14-7-5-13(6-8-14)18-11-9-15(24-18)10-12-19(23)22-17-4-2-1-3-16(17)21/h1-9,11H,10,12H2,(H,22,23). The SMILES string of the molecule is O=C(CCc1ccc(-c2ccc(Cl)cc2)o1)Nc1ccccc1Cl. The predicted molar refractivity (Wildman–Crippen MR) is 97.6 cm³/mol. The van der Waals surface area contributed by atoms with Crippen LogP contribution in [0.3, 0.4) is 0 Å². The maximum Gasteiger partial charge on any atom is 0.224 e. The average Bonchev–Trinajstić information content (AvgIpc) is 3.05. The molecule has 0 aliphatic rings. The summed E-state index contributed by atoms with van der Waals surface area (Å²) in [5, 5.41) is 4.00. The Morgan fingerprint density at radius 3 is 2.46 bits per heavy atom. The first kappa shape index (κ1) is 16.6. The maximum atomic E-state index is 12.0. The molecule has 0 saturated heterocycles. The lowest BCUT2D eigenvalue weighted by atomic mass is 10.2. The van der Waals surface area contributed by atoms with Gasteiger partial charge in [0.15, 0.2) is 0 Å². The van der Waals surface area contributed by atoms with Gasteiger partial charge in [-0.15, -0.1) is 0 Å². The van der Waals surface area contributed by atoms with E-state index in [2.05, 4.69) is 5.32 Å². The number of carbonyl (C=O) groups excluding carboxylic acids is 1. The van der Waals surface area contributed by atoms with Crippen LogP contribution in [-0.4, -0.2) is 5.91 Å². The number of anilines is 1. The smallest absolute Gasteiger partial charge is 0.224 e. The van der Waals surface area contributed by atoms with Crippen LogP contribution in [0.2, 0.25) is 10.0 Å². The second-order valence-corrected chi connectivity index (χ2v) is 6.14. The minimum atomic E-state index is -0.104. The lowest BCUT2D eigenvalue weighted by Gasteiger charge is -2.06. The molecule has 24 heavy (non-hydrogen) atoms. The molecule has 0 saturated carbocycles. The van der Waals surface area contributed by atoms with Gasteiger partial charge in [0.2, 0.25) is 5.91 Å². The molecule has 0 spiro atoms. The van der Waals surface area contributed by atoms with Crippen molar-refractivity contribution in [1.82, 2.24) is 0 Å². The molecule has 0 atom stereocenters. The van der Waals surface area contributed by atoms with E-state index < -0.39 is 0 Å². The van der Waals surface area contributed by atoms with Crippen LogP contribution < -0.4 is 5.32 Å². The summed E-state index contributed by atoms with van der Waals surface area (Å²) in [5.74, 6) is 1.41. The van der Waals surface area contributed by atoms with Gasteiger partial charge in [-0.2, -0.15) is 0 Å². The van der Waals surface area contributed by atoms with Gasteiger partial charge in [-0.1, -0.05) is 35.3 Å². The van der Waals surface area contributed by atoms with Crippen molar-refractivity contribution in [2.45, 2.75) is 12.8 Å². The fourth-order valence-electron chi connectivity index (χ4n) is 2.29. The Labute approximate surface area is 150 Å². The molecular weight excluding hydrogens is 345 g/mol. The van der Waals surface area contributed by atoms with Crippen LogP contribution >= 0.6 is 23.2 Å². The van der Waals surface area contributed by atoms with Gasteiger partial charge in [0.05, 0.1) is 10.7 Å². The number of halogens is 2. The summed E-state index contributed by atoms with van der Waals surface area (Å²) in [6, 6.07) is 18.4. The van der Waals surface area contributed by atoms with Crippen LogP contribution in [0, 0.1) is 0 Å². The van der Waals surface area contributed by atoms with Gasteiger partial charge in [0.1, 0.15) is 11.5 Å². The number of nitrogens with one attached hydrogen (secondary N) is 1. The van der Waals surface area contributed by atoms with Gasteiger partial charge < -0.3 is 9.73 Å². The fraction of sp³-hybridized carbons (Fsp3) is 0.105. The first-order valence-corrected chi connectivity index (χ1v) is 8.26. The van der Waals surface area contributed by atoms with E-state index in [4.69, 9.17) is 27.6 Å². The number of furan rings is 1. The van der Waals surface area contributed by atoms with Crippen LogP contribution in [0.5, 0.6) is 0 Å². The van der Waals surface area contributed by atoms with E-state index >= 15 is 0 Å². The van der Waals surface area contributed by atoms with Gasteiger partial charge in [-0.05, 0) is 48.5 Å². The normalized spacial score (nSPS) is 10.6. The first-order chi connectivity index (χ1) is 11.6. The Bertz CT molecular complexity index is 841. The minimum absolute atomic E-state index is 0.104. The molecule has 122 valence electrons. The Morgan fingerprint density at radius 2 is 1.71 bits per heavy atom. The molecule has 1 aromatic heterocycles. The summed E-state index contributed by atoms with van der Waals surface area (Å²) in [4.78, 5) is 12.0. The van der Waals surface area contributed by atoms with E-state index in [0.717, 1.165) is 17.1 Å². The quantitative estimate of drug-likeness (QED) is 0.622. The van der Waals surface area contributed by atoms with Crippen LogP contribution in [-0.2, 0) is 11.2 Å². The van der Waals surface area contributed by atoms with Crippen LogP contribution in [0.4, 0.5) is 5.69 Å². The second kappa shape index (κ2) is 7.56. The van der Waals surface area contributed by atoms with Crippen molar-refractivity contribution < 1.29 is 9.21 Å². The highest BCUT2D eigenvalue weighted by molar-refractivity contribution is 6.33. The summed E-state index contributed by atoms with van der Waals surface area (Å²) in [5.41, 5.74) is 1.57. The Morgan fingerprint density at radius 1 is 0.958 bits per heavy atom. The number of hydrogen-bond donors (Lipinski definition) is 1. The fourth-order valence-corrected chi connectivity index (χ4v) is 2.60. The van der Waals surface area contributed by atoms with E-state index in [1.807, 2.05) is 48.5 Å². The number of para-hydroxylation sites is 1. The van der Waals surface area contributed by atoms with Crippen LogP contribution in [0.1, 0.15) is 12.2 Å². The lowest BCUT2D eigenvalue weighted by Crippen LogP contribution is -2.12. The molecule has 0 aliphatic carbocycles. The van der Waals surface area contributed by atoms with Crippen molar-refractivity contribution in [3.8, 4) is 11.3 Å². The molecule has 5 heteroatoms. The zero-order valence-corrected chi connectivity index (χ0v) is 14.3. The van der Waals surface area contributed by atoms with Crippen molar-refractivity contribution in [3.05, 3.63) is 76.5 Å². The molecule has 2 aromatic carbocycles. The molecule has 0 fully saturated rings. The highest BCUT2D eigenvalue weighted by atomic mass is 35.5. The predicted octanol–water partition coefficient (Wildman–Crippen LogP) is 5.82. The molecule has 0 bridgehead atoms. The number of amides is 1. The summed E-state index contributed by atoms with van der Waals surface area (Å²) in [6.45, 7) is 0. The molecular formula is C19H15Cl2NO2. The average molecular weight is 360 g/mol. The van der Waals surface area contributed by atoms with E-state index in [0.29, 0.717) is 28.6 Å². The number of hydrogen-bond acceptors (Lipinski definition) is 2. The Balaban J connectivity index is 1.58. The molecule has 1 heterocycles. The maximum absolute atomic E-state index is 12.0.